The quantitative estimate of drug-likeness (QED) is 0.382. The van der Waals surface area contributed by atoms with Gasteiger partial charge in [0.1, 0.15) is 0 Å². The van der Waals surface area contributed by atoms with Crippen LogP contribution in [0.1, 0.15) is 31.7 Å². The lowest BCUT2D eigenvalue weighted by atomic mass is 10.2. The van der Waals surface area contributed by atoms with Gasteiger partial charge >= 0.3 is 0 Å². The highest BCUT2D eigenvalue weighted by atomic mass is 16.2. The van der Waals surface area contributed by atoms with E-state index in [0.29, 0.717) is 12.5 Å². The first kappa shape index (κ1) is 22.6. The molecule has 2 saturated heterocycles. The van der Waals surface area contributed by atoms with Crippen LogP contribution in [-0.4, -0.2) is 92.0 Å². The molecule has 0 saturated carbocycles. The lowest BCUT2D eigenvalue weighted by Crippen LogP contribution is -2.47. The minimum atomic E-state index is 0.242. The molecule has 2 aliphatic heterocycles. The molecule has 7 nitrogen and oxygen atoms in total. The van der Waals surface area contributed by atoms with Gasteiger partial charge < -0.3 is 20.4 Å². The molecule has 7 heteroatoms. The summed E-state index contributed by atoms with van der Waals surface area (Å²) in [6, 6.07) is 11.0. The highest BCUT2D eigenvalue weighted by molar-refractivity contribution is 5.80. The summed E-state index contributed by atoms with van der Waals surface area (Å²) in [5, 5.41) is 6.90. The topological polar surface area (TPSA) is 63.2 Å². The van der Waals surface area contributed by atoms with Gasteiger partial charge in [0.25, 0.3) is 0 Å². The van der Waals surface area contributed by atoms with Crippen molar-refractivity contribution < 1.29 is 4.79 Å². The number of hydrogen-bond donors (Lipinski definition) is 2. The summed E-state index contributed by atoms with van der Waals surface area (Å²) in [6.45, 7) is 11.2. The molecule has 0 radical (unpaired) electrons. The van der Waals surface area contributed by atoms with E-state index in [4.69, 9.17) is 0 Å². The van der Waals surface area contributed by atoms with Gasteiger partial charge in [-0.1, -0.05) is 37.3 Å². The van der Waals surface area contributed by atoms with Gasteiger partial charge in [-0.05, 0) is 24.9 Å². The Kier molecular flexibility index (Phi) is 8.96. The normalized spacial score (nSPS) is 21.1. The molecule has 2 fully saturated rings. The summed E-state index contributed by atoms with van der Waals surface area (Å²) in [7, 11) is 1.81. The van der Waals surface area contributed by atoms with Crippen molar-refractivity contribution in [2.45, 2.75) is 38.8 Å². The van der Waals surface area contributed by atoms with Crippen LogP contribution in [0.2, 0.25) is 0 Å². The van der Waals surface area contributed by atoms with Gasteiger partial charge in [0.05, 0.1) is 0 Å². The number of guanidine groups is 1. The molecule has 0 aromatic heterocycles. The molecule has 1 aromatic carbocycles. The first-order valence-corrected chi connectivity index (χ1v) is 11.4. The minimum Gasteiger partial charge on any atom is -0.356 e. The fourth-order valence-electron chi connectivity index (χ4n) is 4.24. The highest BCUT2D eigenvalue weighted by Gasteiger charge is 2.25. The summed E-state index contributed by atoms with van der Waals surface area (Å²) < 4.78 is 0. The molecular weight excluding hydrogens is 376 g/mol. The van der Waals surface area contributed by atoms with Crippen molar-refractivity contribution in [1.29, 1.82) is 0 Å². The van der Waals surface area contributed by atoms with Crippen LogP contribution < -0.4 is 10.6 Å². The number of hydrogen-bond acceptors (Lipinski definition) is 4. The second-order valence-corrected chi connectivity index (χ2v) is 8.28. The Hall–Kier alpha value is -2.12. The molecule has 1 atom stereocenters. The van der Waals surface area contributed by atoms with Gasteiger partial charge in [-0.2, -0.15) is 0 Å². The van der Waals surface area contributed by atoms with Crippen LogP contribution in [-0.2, 0) is 11.3 Å². The number of aliphatic imine (C=N–C) groups is 1. The molecule has 30 heavy (non-hydrogen) atoms. The molecule has 3 rings (SSSR count). The van der Waals surface area contributed by atoms with E-state index in [1.165, 1.54) is 5.56 Å². The molecule has 0 spiro atoms. The van der Waals surface area contributed by atoms with Crippen LogP contribution in [0.15, 0.2) is 35.3 Å². The summed E-state index contributed by atoms with van der Waals surface area (Å²) in [4.78, 5) is 23.2. The average molecular weight is 415 g/mol. The maximum Gasteiger partial charge on any atom is 0.222 e. The van der Waals surface area contributed by atoms with E-state index in [2.05, 4.69) is 55.8 Å². The summed E-state index contributed by atoms with van der Waals surface area (Å²) >= 11 is 0. The number of carbonyl (C=O) groups excluding carboxylic acids is 1. The molecule has 2 aliphatic rings. The Morgan fingerprint density at radius 3 is 2.53 bits per heavy atom. The second kappa shape index (κ2) is 11.9. The first-order valence-electron chi connectivity index (χ1n) is 11.4. The fourth-order valence-corrected chi connectivity index (χ4v) is 4.24. The number of benzene rings is 1. The minimum absolute atomic E-state index is 0.242. The largest absolute Gasteiger partial charge is 0.356 e. The van der Waals surface area contributed by atoms with Crippen LogP contribution in [0.25, 0.3) is 0 Å². The van der Waals surface area contributed by atoms with Gasteiger partial charge in [-0.3, -0.25) is 14.7 Å². The Morgan fingerprint density at radius 1 is 1.10 bits per heavy atom. The van der Waals surface area contributed by atoms with Crippen LogP contribution in [0.5, 0.6) is 0 Å². The monoisotopic (exact) mass is 414 g/mol. The van der Waals surface area contributed by atoms with E-state index in [0.717, 1.165) is 77.7 Å². The molecule has 166 valence electrons. The first-order chi connectivity index (χ1) is 14.7. The molecule has 0 bridgehead atoms. The molecule has 1 amide bonds. The van der Waals surface area contributed by atoms with E-state index in [9.17, 15) is 4.79 Å². The Balaban J connectivity index is 1.27. The van der Waals surface area contributed by atoms with Crippen molar-refractivity contribution in [1.82, 2.24) is 25.3 Å². The van der Waals surface area contributed by atoms with Crippen molar-refractivity contribution in [3.05, 3.63) is 35.9 Å². The van der Waals surface area contributed by atoms with Gasteiger partial charge in [0.15, 0.2) is 5.96 Å². The third-order valence-corrected chi connectivity index (χ3v) is 6.07. The SMILES string of the molecule is CCC(=O)N1CCC(NC(=NC)NCCCN2CCN(Cc3ccccc3)CC2)C1. The Morgan fingerprint density at radius 2 is 1.83 bits per heavy atom. The van der Waals surface area contributed by atoms with E-state index in [1.54, 1.807) is 0 Å². The number of piperazine rings is 1. The molecule has 2 heterocycles. The van der Waals surface area contributed by atoms with Crippen LogP contribution in [0.3, 0.4) is 0 Å². The zero-order valence-corrected chi connectivity index (χ0v) is 18.6. The van der Waals surface area contributed by atoms with Gasteiger partial charge in [0, 0.05) is 71.9 Å². The lowest BCUT2D eigenvalue weighted by Gasteiger charge is -2.34. The smallest absolute Gasteiger partial charge is 0.222 e. The van der Waals surface area contributed by atoms with Crippen molar-refractivity contribution >= 4 is 11.9 Å². The Bertz CT molecular complexity index is 672. The highest BCUT2D eigenvalue weighted by Crippen LogP contribution is 2.11. The number of amides is 1. The predicted octanol–water partition coefficient (Wildman–Crippen LogP) is 1.37. The maximum atomic E-state index is 11.8. The molecule has 1 aromatic rings. The average Bonchev–Trinajstić information content (AvgIpc) is 3.25. The number of carbonyl (C=O) groups is 1. The van der Waals surface area contributed by atoms with Crippen LogP contribution >= 0.6 is 0 Å². The zero-order chi connectivity index (χ0) is 21.2. The van der Waals surface area contributed by atoms with Gasteiger partial charge in [-0.15, -0.1) is 0 Å². The number of nitrogens with one attached hydrogen (secondary N) is 2. The van der Waals surface area contributed by atoms with Crippen LogP contribution in [0.4, 0.5) is 0 Å². The van der Waals surface area contributed by atoms with Crippen molar-refractivity contribution in [3.8, 4) is 0 Å². The van der Waals surface area contributed by atoms with E-state index >= 15 is 0 Å². The molecule has 2 N–H and O–H groups in total. The third kappa shape index (κ3) is 6.99. The number of rotatable bonds is 8. The second-order valence-electron chi connectivity index (χ2n) is 8.28. The van der Waals surface area contributed by atoms with E-state index in [-0.39, 0.29) is 5.91 Å². The van der Waals surface area contributed by atoms with Crippen molar-refractivity contribution in [2.75, 3.05) is 59.4 Å². The van der Waals surface area contributed by atoms with E-state index in [1.807, 2.05) is 18.9 Å². The maximum absolute atomic E-state index is 11.8. The van der Waals surface area contributed by atoms with Crippen molar-refractivity contribution in [2.24, 2.45) is 4.99 Å². The van der Waals surface area contributed by atoms with E-state index < -0.39 is 0 Å². The standard InChI is InChI=1S/C23H38N6O/c1-3-22(30)29-13-10-21(19-29)26-23(24-2)25-11-7-12-27-14-16-28(17-15-27)18-20-8-5-4-6-9-20/h4-6,8-9,21H,3,7,10-19H2,1-2H3,(H2,24,25,26). The summed E-state index contributed by atoms with van der Waals surface area (Å²) in [5.41, 5.74) is 1.40. The summed E-state index contributed by atoms with van der Waals surface area (Å²) in [5.74, 6) is 1.09. The van der Waals surface area contributed by atoms with Crippen molar-refractivity contribution in [3.63, 3.8) is 0 Å². The molecular formula is C23H38N6O. The van der Waals surface area contributed by atoms with Crippen LogP contribution in [0, 0.1) is 0 Å². The van der Waals surface area contributed by atoms with Gasteiger partial charge in [0.2, 0.25) is 5.91 Å². The molecule has 1 unspecified atom stereocenters. The fraction of sp³-hybridized carbons (Fsp3) is 0.652. The predicted molar refractivity (Wildman–Crippen MR) is 123 cm³/mol. The molecule has 0 aliphatic carbocycles. The zero-order valence-electron chi connectivity index (χ0n) is 18.6. The van der Waals surface area contributed by atoms with Gasteiger partial charge in [-0.25, -0.2) is 0 Å². The lowest BCUT2D eigenvalue weighted by molar-refractivity contribution is -0.129. The number of likely N-dealkylation sites (tertiary alicyclic amines) is 1. The third-order valence-electron chi connectivity index (χ3n) is 6.07. The summed E-state index contributed by atoms with van der Waals surface area (Å²) in [6.07, 6.45) is 2.67. The Labute approximate surface area is 181 Å². The number of nitrogens with zero attached hydrogens (tertiary/aromatic N) is 4.